The van der Waals surface area contributed by atoms with Crippen LogP contribution < -0.4 is 0 Å². The van der Waals surface area contributed by atoms with Crippen molar-refractivity contribution < 1.29 is 86.1 Å². The van der Waals surface area contributed by atoms with E-state index in [-0.39, 0.29) is 0 Å². The highest BCUT2D eigenvalue weighted by Crippen LogP contribution is 2.70. The maximum atomic E-state index is 12.9. The van der Waals surface area contributed by atoms with Crippen LogP contribution in [0.3, 0.4) is 0 Å². The van der Waals surface area contributed by atoms with Gasteiger partial charge in [-0.25, -0.2) is 0 Å². The molecule has 274 valence electrons. The van der Waals surface area contributed by atoms with Crippen LogP contribution in [0.2, 0.25) is 0 Å². The third-order valence-corrected chi connectivity index (χ3v) is 8.94. The van der Waals surface area contributed by atoms with E-state index in [1.807, 2.05) is 0 Å². The van der Waals surface area contributed by atoms with Crippen LogP contribution in [-0.2, 0) is 81.0 Å². The molecule has 0 aromatic carbocycles. The van der Waals surface area contributed by atoms with Crippen LogP contribution >= 0.6 is 0 Å². The predicted molar refractivity (Wildman–Crippen MR) is 155 cm³/mol. The number of ether oxygens (including phenoxy) is 9. The summed E-state index contributed by atoms with van der Waals surface area (Å²) >= 11 is 0. The number of esters is 8. The van der Waals surface area contributed by atoms with Crippen LogP contribution in [0.1, 0.15) is 69.2 Å². The van der Waals surface area contributed by atoms with Gasteiger partial charge in [0, 0.05) is 55.4 Å². The van der Waals surface area contributed by atoms with Crippen LogP contribution in [0.25, 0.3) is 0 Å². The average molecular weight is 703 g/mol. The van der Waals surface area contributed by atoms with Crippen LogP contribution in [0.4, 0.5) is 0 Å². The van der Waals surface area contributed by atoms with Crippen molar-refractivity contribution >= 4 is 47.8 Å². The number of rotatable bonds is 10. The van der Waals surface area contributed by atoms with Gasteiger partial charge in [0.05, 0.1) is 5.92 Å². The van der Waals surface area contributed by atoms with E-state index in [1.165, 1.54) is 6.92 Å². The molecular formula is C31H42O18. The summed E-state index contributed by atoms with van der Waals surface area (Å²) in [5.74, 6) is -9.38. The van der Waals surface area contributed by atoms with Gasteiger partial charge >= 0.3 is 47.8 Å². The van der Waals surface area contributed by atoms with E-state index in [9.17, 15) is 43.5 Å². The maximum absolute atomic E-state index is 12.9. The van der Waals surface area contributed by atoms with Gasteiger partial charge in [-0.05, 0) is 13.8 Å². The van der Waals surface area contributed by atoms with E-state index in [0.29, 0.717) is 0 Å². The molecule has 18 heteroatoms. The standard InChI is InChI=1S/C31H42O18/c1-13(32)41-11-28(9)21-22(43-15(3)34)26(47-19(7)38)30(12-42-14(2)33)27(48-20(8)39)23(44-16(4)35)25(46-18(6)37)29(10,40)31(30,49-28)24(21)45-17(5)36/h21-27,40H,11-12H2,1-10H3/t21-,22-,23+,24+,25+,26-,27+,28+,29+,30-,31+/m0/s1. The van der Waals surface area contributed by atoms with Gasteiger partial charge in [0.2, 0.25) is 0 Å². The van der Waals surface area contributed by atoms with Crippen molar-refractivity contribution in [3.05, 3.63) is 0 Å². The SMILES string of the molecule is CC(=O)OC[C@]12[C@H](OC(C)=O)[C@H](OC(C)=O)[C@@H](OC(C)=O)[C@@](C)(O)[C@@]13O[C@](C)(COC(C)=O)[C@@H]([C@H](OC(C)=O)[C@@H]2OC(C)=O)[C@H]3OC(C)=O. The van der Waals surface area contributed by atoms with Gasteiger partial charge in [0.25, 0.3) is 0 Å². The first kappa shape index (κ1) is 39.1. The van der Waals surface area contributed by atoms with Crippen molar-refractivity contribution in [1.29, 1.82) is 0 Å². The second-order valence-corrected chi connectivity index (χ2v) is 12.7. The van der Waals surface area contributed by atoms with E-state index < -0.39 is 126 Å². The van der Waals surface area contributed by atoms with Gasteiger partial charge in [-0.1, -0.05) is 0 Å². The highest BCUT2D eigenvalue weighted by molar-refractivity contribution is 5.71. The maximum Gasteiger partial charge on any atom is 0.303 e. The molecule has 3 aliphatic rings. The predicted octanol–water partition coefficient (Wildman–Crippen LogP) is -0.389. The first-order chi connectivity index (χ1) is 22.5. The van der Waals surface area contributed by atoms with Gasteiger partial charge in [0.1, 0.15) is 42.0 Å². The van der Waals surface area contributed by atoms with Gasteiger partial charge in [0.15, 0.2) is 30.0 Å². The lowest BCUT2D eigenvalue weighted by atomic mass is 9.45. The number of carbonyl (C=O) groups is 8. The lowest BCUT2D eigenvalue weighted by Crippen LogP contribution is -2.89. The number of hydrogen-bond acceptors (Lipinski definition) is 18. The summed E-state index contributed by atoms with van der Waals surface area (Å²) in [7, 11) is 0. The lowest BCUT2D eigenvalue weighted by Gasteiger charge is -2.67. The number of hydrogen-bond donors (Lipinski definition) is 1. The molecule has 0 aromatic rings. The van der Waals surface area contributed by atoms with Crippen molar-refractivity contribution in [3.8, 4) is 0 Å². The Balaban J connectivity index is 2.72. The fraction of sp³-hybridized carbons (Fsp3) is 0.742. The second kappa shape index (κ2) is 13.9. The molecule has 3 rings (SSSR count). The molecule has 1 N–H and O–H groups in total. The van der Waals surface area contributed by atoms with E-state index in [0.717, 1.165) is 62.3 Å². The van der Waals surface area contributed by atoms with Gasteiger partial charge in [-0.2, -0.15) is 0 Å². The Morgan fingerprint density at radius 1 is 0.510 bits per heavy atom. The zero-order valence-corrected chi connectivity index (χ0v) is 28.8. The molecule has 49 heavy (non-hydrogen) atoms. The zero-order chi connectivity index (χ0) is 37.4. The molecule has 1 heterocycles. The Hall–Kier alpha value is -4.32. The molecule has 0 radical (unpaired) electrons. The van der Waals surface area contributed by atoms with Crippen LogP contribution in [0, 0.1) is 11.3 Å². The fourth-order valence-electron chi connectivity index (χ4n) is 7.76. The summed E-state index contributed by atoms with van der Waals surface area (Å²) in [6.45, 7) is 8.65. The zero-order valence-electron chi connectivity index (χ0n) is 28.8. The molecule has 2 saturated carbocycles. The Labute approximate surface area is 281 Å². The second-order valence-electron chi connectivity index (χ2n) is 12.7. The largest absolute Gasteiger partial charge is 0.465 e. The Morgan fingerprint density at radius 2 is 0.878 bits per heavy atom. The molecule has 1 spiro atoms. The highest BCUT2D eigenvalue weighted by Gasteiger charge is 2.91. The normalized spacial score (nSPS) is 37.3. The molecule has 18 nitrogen and oxygen atoms in total. The molecule has 2 aliphatic carbocycles. The van der Waals surface area contributed by atoms with Crippen LogP contribution in [-0.4, -0.2) is 120 Å². The number of fused-ring (bicyclic) bond motifs is 1. The number of aliphatic hydroxyl groups is 1. The van der Waals surface area contributed by atoms with E-state index in [1.54, 1.807) is 0 Å². The highest BCUT2D eigenvalue weighted by atomic mass is 16.7. The topological polar surface area (TPSA) is 240 Å². The molecule has 0 aromatic heterocycles. The van der Waals surface area contributed by atoms with Gasteiger partial charge in [-0.15, -0.1) is 0 Å². The molecule has 1 saturated heterocycles. The lowest BCUT2D eigenvalue weighted by molar-refractivity contribution is -0.386. The van der Waals surface area contributed by atoms with Gasteiger partial charge < -0.3 is 47.7 Å². The molecular weight excluding hydrogens is 660 g/mol. The summed E-state index contributed by atoms with van der Waals surface area (Å²) < 4.78 is 52.1. The van der Waals surface area contributed by atoms with Crippen LogP contribution in [0.15, 0.2) is 0 Å². The summed E-state index contributed by atoms with van der Waals surface area (Å²) in [5, 5.41) is 12.9. The summed E-state index contributed by atoms with van der Waals surface area (Å²) in [5.41, 5.74) is -9.92. The van der Waals surface area contributed by atoms with E-state index in [2.05, 4.69) is 0 Å². The van der Waals surface area contributed by atoms with Crippen molar-refractivity contribution in [2.24, 2.45) is 11.3 Å². The van der Waals surface area contributed by atoms with Crippen molar-refractivity contribution in [1.82, 2.24) is 0 Å². The van der Waals surface area contributed by atoms with E-state index in [4.69, 9.17) is 42.6 Å². The Bertz CT molecular complexity index is 1400. The van der Waals surface area contributed by atoms with Crippen molar-refractivity contribution in [2.75, 3.05) is 13.2 Å². The summed E-state index contributed by atoms with van der Waals surface area (Å²) in [4.78, 5) is 101. The molecule has 3 fully saturated rings. The Morgan fingerprint density at radius 3 is 1.31 bits per heavy atom. The quantitative estimate of drug-likeness (QED) is 0.225. The molecule has 1 aliphatic heterocycles. The van der Waals surface area contributed by atoms with Crippen molar-refractivity contribution in [3.63, 3.8) is 0 Å². The first-order valence-corrected chi connectivity index (χ1v) is 15.2. The minimum atomic E-state index is -2.75. The first-order valence-electron chi connectivity index (χ1n) is 15.2. The number of carbonyl (C=O) groups excluding carboxylic acids is 8. The average Bonchev–Trinajstić information content (AvgIpc) is 3.14. The third kappa shape index (κ3) is 6.79. The van der Waals surface area contributed by atoms with Crippen LogP contribution in [0.5, 0.6) is 0 Å². The minimum Gasteiger partial charge on any atom is -0.465 e. The molecule has 0 unspecified atom stereocenters. The van der Waals surface area contributed by atoms with Crippen molar-refractivity contribution in [2.45, 2.75) is 123 Å². The minimum absolute atomic E-state index is 0.666. The van der Waals surface area contributed by atoms with Gasteiger partial charge in [-0.3, -0.25) is 38.4 Å². The summed E-state index contributed by atoms with van der Waals surface area (Å²) in [6, 6.07) is 0. The molecule has 11 atom stereocenters. The fourth-order valence-corrected chi connectivity index (χ4v) is 7.76. The molecule has 2 bridgehead atoms. The smallest absolute Gasteiger partial charge is 0.303 e. The third-order valence-electron chi connectivity index (χ3n) is 8.94. The summed E-state index contributed by atoms with van der Waals surface area (Å²) in [6.07, 6.45) is -11.6. The monoisotopic (exact) mass is 702 g/mol. The Kier molecular flexibility index (Phi) is 11.1. The van der Waals surface area contributed by atoms with E-state index >= 15 is 0 Å². The molecule has 0 amide bonds.